The Kier molecular flexibility index (Phi) is 10.9. The minimum Gasteiger partial charge on any atom is -0.461 e. The van der Waals surface area contributed by atoms with Crippen LogP contribution in [0.15, 0.2) is 31.0 Å². The molecule has 0 atom stereocenters. The standard InChI is InChI=1S/C13H20N2O2.C13H14N2O2.CH4O/c2*1-4-17-13(16)11-10-7-5-6-8-15(10)12(14-11)9(2)3;1-2/h9H,4-8H2,1-3H3;5-8H,2,4H2,1,3H3;2H,1H3. The number of carbonyl (C=O) groups excluding carboxylic acids is 2. The molecule has 36 heavy (non-hydrogen) atoms. The summed E-state index contributed by atoms with van der Waals surface area (Å²) in [6.45, 7) is 15.3. The molecule has 4 heterocycles. The molecule has 4 rings (SSSR count). The zero-order chi connectivity index (χ0) is 26.8. The molecule has 196 valence electrons. The van der Waals surface area contributed by atoms with Gasteiger partial charge in [-0.15, -0.1) is 0 Å². The van der Waals surface area contributed by atoms with E-state index in [2.05, 4.69) is 35.0 Å². The number of aliphatic hydroxyl groups excluding tert-OH is 1. The van der Waals surface area contributed by atoms with Gasteiger partial charge in [-0.05, 0) is 57.7 Å². The number of esters is 2. The highest BCUT2D eigenvalue weighted by Crippen LogP contribution is 2.25. The van der Waals surface area contributed by atoms with Crippen LogP contribution in [0.2, 0.25) is 0 Å². The summed E-state index contributed by atoms with van der Waals surface area (Å²) in [6, 6.07) is 5.59. The summed E-state index contributed by atoms with van der Waals surface area (Å²) in [4.78, 5) is 32.4. The molecule has 0 aliphatic carbocycles. The van der Waals surface area contributed by atoms with E-state index in [0.717, 1.165) is 49.1 Å². The van der Waals surface area contributed by atoms with Gasteiger partial charge >= 0.3 is 11.9 Å². The van der Waals surface area contributed by atoms with Crippen LogP contribution in [-0.2, 0) is 22.4 Å². The van der Waals surface area contributed by atoms with Gasteiger partial charge in [0.1, 0.15) is 11.6 Å². The lowest BCUT2D eigenvalue weighted by atomic mass is 10.1. The number of carbonyl (C=O) groups is 2. The quantitative estimate of drug-likeness (QED) is 0.492. The van der Waals surface area contributed by atoms with Crippen molar-refractivity contribution in [3.8, 4) is 0 Å². The molecule has 0 saturated carbocycles. The van der Waals surface area contributed by atoms with Crippen LogP contribution in [0.4, 0.5) is 0 Å². The molecule has 0 fully saturated rings. The van der Waals surface area contributed by atoms with Crippen molar-refractivity contribution in [2.75, 3.05) is 20.3 Å². The van der Waals surface area contributed by atoms with E-state index in [1.807, 2.05) is 42.6 Å². The second kappa shape index (κ2) is 13.6. The number of aliphatic hydroxyl groups is 1. The lowest BCUT2D eigenvalue weighted by molar-refractivity contribution is 0.0510. The molecule has 0 spiro atoms. The first-order valence-electron chi connectivity index (χ1n) is 12.3. The van der Waals surface area contributed by atoms with Gasteiger partial charge in [-0.2, -0.15) is 0 Å². The molecular formula is C27H38N4O5. The Morgan fingerprint density at radius 2 is 1.69 bits per heavy atom. The van der Waals surface area contributed by atoms with Gasteiger partial charge in [-0.1, -0.05) is 26.5 Å². The van der Waals surface area contributed by atoms with Crippen LogP contribution in [0.5, 0.6) is 0 Å². The van der Waals surface area contributed by atoms with Crippen molar-refractivity contribution in [2.45, 2.75) is 66.3 Å². The van der Waals surface area contributed by atoms with E-state index in [1.54, 1.807) is 6.92 Å². The molecule has 0 aromatic carbocycles. The minimum absolute atomic E-state index is 0.273. The van der Waals surface area contributed by atoms with Gasteiger partial charge in [0.15, 0.2) is 11.4 Å². The molecule has 9 heteroatoms. The van der Waals surface area contributed by atoms with Crippen molar-refractivity contribution in [1.82, 2.24) is 18.9 Å². The molecular weight excluding hydrogens is 460 g/mol. The lowest BCUT2D eigenvalue weighted by Crippen LogP contribution is -2.15. The van der Waals surface area contributed by atoms with Crippen LogP contribution >= 0.6 is 0 Å². The fourth-order valence-electron chi connectivity index (χ4n) is 4.06. The van der Waals surface area contributed by atoms with E-state index >= 15 is 0 Å². The average Bonchev–Trinajstić information content (AvgIpc) is 3.46. The molecule has 0 unspecified atom stereocenters. The highest BCUT2D eigenvalue weighted by molar-refractivity contribution is 5.95. The fraction of sp³-hybridized carbons (Fsp3) is 0.481. The highest BCUT2D eigenvalue weighted by atomic mass is 16.5. The maximum absolute atomic E-state index is 11.9. The number of aromatic nitrogens is 4. The number of fused-ring (bicyclic) bond motifs is 2. The molecule has 3 aromatic heterocycles. The third kappa shape index (κ3) is 6.40. The molecule has 9 nitrogen and oxygen atoms in total. The van der Waals surface area contributed by atoms with Crippen molar-refractivity contribution in [3.05, 3.63) is 59.7 Å². The Morgan fingerprint density at radius 3 is 2.28 bits per heavy atom. The van der Waals surface area contributed by atoms with Gasteiger partial charge < -0.3 is 19.1 Å². The molecule has 0 saturated heterocycles. The Labute approximate surface area is 212 Å². The Hall–Kier alpha value is -3.46. The maximum atomic E-state index is 11.9. The summed E-state index contributed by atoms with van der Waals surface area (Å²) in [5.74, 6) is 1.37. The molecule has 0 bridgehead atoms. The van der Waals surface area contributed by atoms with Crippen LogP contribution in [0.1, 0.15) is 91.7 Å². The number of imidazole rings is 2. The molecule has 3 aromatic rings. The summed E-state index contributed by atoms with van der Waals surface area (Å²) in [5.41, 5.74) is 3.49. The van der Waals surface area contributed by atoms with Crippen molar-refractivity contribution >= 4 is 23.0 Å². The Bertz CT molecular complexity index is 1190. The topological polar surface area (TPSA) is 108 Å². The Balaban J connectivity index is 0.000000237. The molecule has 0 radical (unpaired) electrons. The van der Waals surface area contributed by atoms with Crippen LogP contribution in [-0.4, -0.2) is 56.3 Å². The summed E-state index contributed by atoms with van der Waals surface area (Å²) >= 11 is 0. The summed E-state index contributed by atoms with van der Waals surface area (Å²) < 4.78 is 14.1. The maximum Gasteiger partial charge on any atom is 0.359 e. The monoisotopic (exact) mass is 498 g/mol. The summed E-state index contributed by atoms with van der Waals surface area (Å²) in [7, 11) is 1.00. The number of nitrogens with zero attached hydrogens (tertiary/aromatic N) is 4. The number of allylic oxidation sites excluding steroid dienone is 1. The van der Waals surface area contributed by atoms with Gasteiger partial charge in [-0.25, -0.2) is 19.6 Å². The third-order valence-electron chi connectivity index (χ3n) is 5.53. The third-order valence-corrected chi connectivity index (χ3v) is 5.53. The largest absolute Gasteiger partial charge is 0.461 e. The number of ether oxygens (including phenoxy) is 2. The van der Waals surface area contributed by atoms with Crippen LogP contribution in [0.25, 0.3) is 11.1 Å². The second-order valence-corrected chi connectivity index (χ2v) is 8.49. The first-order valence-corrected chi connectivity index (χ1v) is 12.3. The van der Waals surface area contributed by atoms with E-state index in [-0.39, 0.29) is 5.97 Å². The van der Waals surface area contributed by atoms with E-state index in [0.29, 0.717) is 36.3 Å². The number of hydrogen-bond donors (Lipinski definition) is 1. The zero-order valence-corrected chi connectivity index (χ0v) is 22.2. The van der Waals surface area contributed by atoms with E-state index < -0.39 is 5.97 Å². The number of rotatable bonds is 6. The van der Waals surface area contributed by atoms with Gasteiger partial charge in [0.05, 0.1) is 24.4 Å². The first-order chi connectivity index (χ1) is 17.3. The SMILES string of the molecule is C=C(C)c1nc(C(=O)OCC)c2ccccn12.CCOC(=O)c1nc(C(C)C)n2c1CCCC2.CO. The first kappa shape index (κ1) is 28.8. The van der Waals surface area contributed by atoms with Gasteiger partial charge in [0.25, 0.3) is 0 Å². The molecule has 1 aliphatic heterocycles. The highest BCUT2D eigenvalue weighted by Gasteiger charge is 2.26. The predicted octanol–water partition coefficient (Wildman–Crippen LogP) is 4.67. The van der Waals surface area contributed by atoms with Gasteiger partial charge in [0.2, 0.25) is 0 Å². The van der Waals surface area contributed by atoms with Crippen LogP contribution in [0.3, 0.4) is 0 Å². The van der Waals surface area contributed by atoms with Crippen molar-refractivity contribution < 1.29 is 24.2 Å². The second-order valence-electron chi connectivity index (χ2n) is 8.49. The summed E-state index contributed by atoms with van der Waals surface area (Å²) in [6.07, 6.45) is 5.10. The van der Waals surface area contributed by atoms with Crippen molar-refractivity contribution in [1.29, 1.82) is 0 Å². The summed E-state index contributed by atoms with van der Waals surface area (Å²) in [5, 5.41) is 7.00. The number of pyridine rings is 1. The molecule has 1 N–H and O–H groups in total. The molecule has 0 amide bonds. The zero-order valence-electron chi connectivity index (χ0n) is 22.2. The average molecular weight is 499 g/mol. The lowest BCUT2D eigenvalue weighted by Gasteiger charge is -2.18. The normalized spacial score (nSPS) is 12.1. The van der Waals surface area contributed by atoms with E-state index in [9.17, 15) is 9.59 Å². The van der Waals surface area contributed by atoms with Crippen LogP contribution < -0.4 is 0 Å². The van der Waals surface area contributed by atoms with Gasteiger partial charge in [0, 0.05) is 25.8 Å². The van der Waals surface area contributed by atoms with E-state index in [1.165, 1.54) is 6.42 Å². The van der Waals surface area contributed by atoms with Gasteiger partial charge in [-0.3, -0.25) is 4.40 Å². The van der Waals surface area contributed by atoms with Crippen molar-refractivity contribution in [2.24, 2.45) is 0 Å². The Morgan fingerprint density at radius 1 is 1.06 bits per heavy atom. The minimum atomic E-state index is -0.399. The van der Waals surface area contributed by atoms with E-state index in [4.69, 9.17) is 14.6 Å². The predicted molar refractivity (Wildman–Crippen MR) is 139 cm³/mol. The molecule has 1 aliphatic rings. The van der Waals surface area contributed by atoms with Crippen LogP contribution in [0, 0.1) is 0 Å². The fourth-order valence-corrected chi connectivity index (χ4v) is 4.06. The number of hydrogen-bond acceptors (Lipinski definition) is 7. The smallest absolute Gasteiger partial charge is 0.359 e. The van der Waals surface area contributed by atoms with Crippen molar-refractivity contribution in [3.63, 3.8) is 0 Å².